The molecular formula is C15H17NO. The maximum atomic E-state index is 10.9. The first-order chi connectivity index (χ1) is 8.40. The highest BCUT2D eigenvalue weighted by molar-refractivity contribution is 5.57. The highest BCUT2D eigenvalue weighted by Gasteiger charge is 2.20. The molecule has 2 heteroatoms. The zero-order chi connectivity index (χ0) is 11.9. The predicted octanol–water partition coefficient (Wildman–Crippen LogP) is 2.09. The summed E-state index contributed by atoms with van der Waals surface area (Å²) in [6, 6.07) is 10.0. The van der Waals surface area contributed by atoms with Crippen LogP contribution in [-0.4, -0.2) is 30.3 Å². The van der Waals surface area contributed by atoms with Gasteiger partial charge in [-0.05, 0) is 31.5 Å². The first-order valence-electron chi connectivity index (χ1n) is 6.13. The molecule has 0 aromatic heterocycles. The molecule has 1 heterocycles. The van der Waals surface area contributed by atoms with Crippen molar-refractivity contribution in [1.82, 2.24) is 4.90 Å². The molecule has 88 valence electrons. The lowest BCUT2D eigenvalue weighted by Crippen LogP contribution is -2.40. The van der Waals surface area contributed by atoms with Crippen LogP contribution >= 0.6 is 0 Å². The zero-order valence-electron chi connectivity index (χ0n) is 9.93. The van der Waals surface area contributed by atoms with E-state index in [0.29, 0.717) is 6.54 Å². The molecule has 1 aromatic carbocycles. The number of carbonyl (C=O) groups excluding carboxylic acids is 1. The SMILES string of the molecule is O=CC1CCCCN1CC#Cc1ccccc1. The summed E-state index contributed by atoms with van der Waals surface area (Å²) in [5, 5.41) is 0. The van der Waals surface area contributed by atoms with Crippen molar-refractivity contribution in [2.45, 2.75) is 25.3 Å². The van der Waals surface area contributed by atoms with Crippen molar-refractivity contribution >= 4 is 6.29 Å². The fraction of sp³-hybridized carbons (Fsp3) is 0.400. The Morgan fingerprint density at radius 2 is 2.12 bits per heavy atom. The average Bonchev–Trinajstić information content (AvgIpc) is 2.40. The van der Waals surface area contributed by atoms with E-state index in [1.807, 2.05) is 30.3 Å². The minimum atomic E-state index is 0.0776. The van der Waals surface area contributed by atoms with E-state index in [1.165, 1.54) is 6.42 Å². The molecule has 0 aliphatic carbocycles. The van der Waals surface area contributed by atoms with Crippen LogP contribution in [0, 0.1) is 11.8 Å². The minimum absolute atomic E-state index is 0.0776. The summed E-state index contributed by atoms with van der Waals surface area (Å²) in [6.07, 6.45) is 4.38. The zero-order valence-corrected chi connectivity index (χ0v) is 9.93. The van der Waals surface area contributed by atoms with Crippen LogP contribution in [0.15, 0.2) is 30.3 Å². The third-order valence-corrected chi connectivity index (χ3v) is 3.11. The lowest BCUT2D eigenvalue weighted by Gasteiger charge is -2.30. The van der Waals surface area contributed by atoms with Crippen LogP contribution in [0.5, 0.6) is 0 Å². The summed E-state index contributed by atoms with van der Waals surface area (Å²) in [6.45, 7) is 1.69. The molecule has 1 unspecified atom stereocenters. The number of likely N-dealkylation sites (tertiary alicyclic amines) is 1. The largest absolute Gasteiger partial charge is 0.302 e. The van der Waals surface area contributed by atoms with Crippen LogP contribution < -0.4 is 0 Å². The second-order valence-electron chi connectivity index (χ2n) is 4.34. The van der Waals surface area contributed by atoms with E-state index in [2.05, 4.69) is 16.7 Å². The van der Waals surface area contributed by atoms with E-state index >= 15 is 0 Å². The summed E-state index contributed by atoms with van der Waals surface area (Å²) in [5.41, 5.74) is 1.03. The Bertz CT molecular complexity index is 416. The molecule has 1 saturated heterocycles. The number of hydrogen-bond acceptors (Lipinski definition) is 2. The van der Waals surface area contributed by atoms with Gasteiger partial charge in [-0.15, -0.1) is 0 Å². The molecule has 17 heavy (non-hydrogen) atoms. The highest BCUT2D eigenvalue weighted by Crippen LogP contribution is 2.14. The molecule has 1 aromatic rings. The Morgan fingerprint density at radius 1 is 1.29 bits per heavy atom. The maximum Gasteiger partial charge on any atom is 0.137 e. The van der Waals surface area contributed by atoms with Gasteiger partial charge in [-0.3, -0.25) is 4.90 Å². The summed E-state index contributed by atoms with van der Waals surface area (Å²) in [5.74, 6) is 6.28. The van der Waals surface area contributed by atoms with Gasteiger partial charge >= 0.3 is 0 Å². The maximum absolute atomic E-state index is 10.9. The number of aldehydes is 1. The Hall–Kier alpha value is -1.59. The van der Waals surface area contributed by atoms with Crippen molar-refractivity contribution in [2.24, 2.45) is 0 Å². The van der Waals surface area contributed by atoms with Crippen LogP contribution in [0.25, 0.3) is 0 Å². The Morgan fingerprint density at radius 3 is 2.88 bits per heavy atom. The summed E-state index contributed by atoms with van der Waals surface area (Å²) >= 11 is 0. The first kappa shape index (κ1) is 11.9. The van der Waals surface area contributed by atoms with E-state index in [4.69, 9.17) is 0 Å². The summed E-state index contributed by atoms with van der Waals surface area (Å²) in [4.78, 5) is 13.1. The molecule has 1 aliphatic rings. The van der Waals surface area contributed by atoms with Gasteiger partial charge in [-0.1, -0.05) is 36.5 Å². The number of carbonyl (C=O) groups is 1. The van der Waals surface area contributed by atoms with Gasteiger partial charge in [0.05, 0.1) is 12.6 Å². The molecule has 0 N–H and O–H groups in total. The second kappa shape index (κ2) is 6.22. The van der Waals surface area contributed by atoms with Gasteiger partial charge in [-0.2, -0.15) is 0 Å². The third-order valence-electron chi connectivity index (χ3n) is 3.11. The van der Waals surface area contributed by atoms with E-state index in [0.717, 1.165) is 31.2 Å². The van der Waals surface area contributed by atoms with Gasteiger partial charge in [0, 0.05) is 5.56 Å². The van der Waals surface area contributed by atoms with Gasteiger partial charge in [-0.25, -0.2) is 0 Å². The minimum Gasteiger partial charge on any atom is -0.302 e. The Labute approximate surface area is 103 Å². The average molecular weight is 227 g/mol. The van der Waals surface area contributed by atoms with Crippen LogP contribution in [0.4, 0.5) is 0 Å². The summed E-state index contributed by atoms with van der Waals surface area (Å²) < 4.78 is 0. The highest BCUT2D eigenvalue weighted by atomic mass is 16.1. The first-order valence-corrected chi connectivity index (χ1v) is 6.13. The van der Waals surface area contributed by atoms with Crippen LogP contribution in [0.3, 0.4) is 0 Å². The fourth-order valence-corrected chi connectivity index (χ4v) is 2.13. The van der Waals surface area contributed by atoms with Crippen LogP contribution in [-0.2, 0) is 4.79 Å². The topological polar surface area (TPSA) is 20.3 Å². The summed E-state index contributed by atoms with van der Waals surface area (Å²) in [7, 11) is 0. The normalized spacial score (nSPS) is 20.4. The van der Waals surface area contributed by atoms with Crippen molar-refractivity contribution in [1.29, 1.82) is 0 Å². The Balaban J connectivity index is 1.93. The van der Waals surface area contributed by atoms with Gasteiger partial charge in [0.2, 0.25) is 0 Å². The number of nitrogens with zero attached hydrogens (tertiary/aromatic N) is 1. The van der Waals surface area contributed by atoms with Crippen LogP contribution in [0.2, 0.25) is 0 Å². The van der Waals surface area contributed by atoms with E-state index in [9.17, 15) is 4.79 Å². The lowest BCUT2D eigenvalue weighted by molar-refractivity contribution is -0.113. The van der Waals surface area contributed by atoms with Crippen molar-refractivity contribution in [3.63, 3.8) is 0 Å². The Kier molecular flexibility index (Phi) is 4.35. The number of hydrogen-bond donors (Lipinski definition) is 0. The van der Waals surface area contributed by atoms with Crippen molar-refractivity contribution < 1.29 is 4.79 Å². The van der Waals surface area contributed by atoms with Gasteiger partial charge in [0.25, 0.3) is 0 Å². The molecule has 2 nitrogen and oxygen atoms in total. The third kappa shape index (κ3) is 3.44. The smallest absolute Gasteiger partial charge is 0.137 e. The predicted molar refractivity (Wildman–Crippen MR) is 68.6 cm³/mol. The molecule has 2 rings (SSSR count). The monoisotopic (exact) mass is 227 g/mol. The molecule has 0 spiro atoms. The quantitative estimate of drug-likeness (QED) is 0.569. The number of benzene rings is 1. The number of rotatable bonds is 2. The second-order valence-corrected chi connectivity index (χ2v) is 4.34. The standard InChI is InChI=1S/C15H17NO/c17-13-15-10-4-5-11-16(15)12-6-9-14-7-2-1-3-8-14/h1-3,7-8,13,15H,4-5,10-12H2. The van der Waals surface area contributed by atoms with E-state index < -0.39 is 0 Å². The van der Waals surface area contributed by atoms with Crippen molar-refractivity contribution in [3.05, 3.63) is 35.9 Å². The lowest BCUT2D eigenvalue weighted by atomic mass is 10.0. The van der Waals surface area contributed by atoms with Crippen LogP contribution in [0.1, 0.15) is 24.8 Å². The van der Waals surface area contributed by atoms with Gasteiger partial charge in [0.1, 0.15) is 6.29 Å². The van der Waals surface area contributed by atoms with Gasteiger partial charge < -0.3 is 4.79 Å². The molecule has 0 bridgehead atoms. The van der Waals surface area contributed by atoms with Crippen molar-refractivity contribution in [2.75, 3.05) is 13.1 Å². The van der Waals surface area contributed by atoms with E-state index in [1.54, 1.807) is 0 Å². The van der Waals surface area contributed by atoms with E-state index in [-0.39, 0.29) is 6.04 Å². The van der Waals surface area contributed by atoms with Gasteiger partial charge in [0.15, 0.2) is 0 Å². The molecular weight excluding hydrogens is 210 g/mol. The molecule has 0 saturated carbocycles. The molecule has 0 amide bonds. The van der Waals surface area contributed by atoms with Crippen molar-refractivity contribution in [3.8, 4) is 11.8 Å². The molecule has 1 atom stereocenters. The fourth-order valence-electron chi connectivity index (χ4n) is 2.13. The molecule has 1 aliphatic heterocycles. The molecule has 0 radical (unpaired) electrons. The number of piperidine rings is 1. The molecule has 1 fully saturated rings.